The molecule has 0 radical (unpaired) electrons. The van der Waals surface area contributed by atoms with E-state index in [2.05, 4.69) is 55.8 Å². The fourth-order valence-corrected chi connectivity index (χ4v) is 3.60. The molecule has 0 heterocycles. The van der Waals surface area contributed by atoms with E-state index in [0.29, 0.717) is 0 Å². The van der Waals surface area contributed by atoms with Crippen molar-refractivity contribution in [2.24, 2.45) is 0 Å². The number of aryl methyl sites for hydroxylation is 1. The molecule has 24 heavy (non-hydrogen) atoms. The molecule has 0 fully saturated rings. The molecule has 3 nitrogen and oxygen atoms in total. The van der Waals surface area contributed by atoms with Crippen LogP contribution in [0.1, 0.15) is 25.3 Å². The number of hydrogen-bond donors (Lipinski definition) is 2. The van der Waals surface area contributed by atoms with Crippen molar-refractivity contribution in [2.45, 2.75) is 26.7 Å². The number of hydrogen-bond acceptors (Lipinski definition) is 3. The number of para-hydroxylation sites is 1. The lowest BCUT2D eigenvalue weighted by Gasteiger charge is -2.23. The third-order valence-electron chi connectivity index (χ3n) is 3.50. The second kappa shape index (κ2) is 11.5. The van der Waals surface area contributed by atoms with E-state index >= 15 is 0 Å². The molecule has 0 atom stereocenters. The SMILES string of the molecule is CCCCN(CCO)c1ccccc1.Cc1cc(Br)c(N)c(Br)c1. The van der Waals surface area contributed by atoms with Crippen LogP contribution in [0.4, 0.5) is 11.4 Å². The molecule has 132 valence electrons. The van der Waals surface area contributed by atoms with E-state index in [4.69, 9.17) is 10.8 Å². The van der Waals surface area contributed by atoms with Crippen LogP contribution < -0.4 is 10.6 Å². The Morgan fingerprint density at radius 1 is 1.04 bits per heavy atom. The third kappa shape index (κ3) is 7.24. The summed E-state index contributed by atoms with van der Waals surface area (Å²) in [4.78, 5) is 2.23. The number of halogens is 2. The Labute approximate surface area is 162 Å². The highest BCUT2D eigenvalue weighted by Crippen LogP contribution is 2.28. The summed E-state index contributed by atoms with van der Waals surface area (Å²) in [5.41, 5.74) is 8.80. The van der Waals surface area contributed by atoms with Gasteiger partial charge in [-0.25, -0.2) is 0 Å². The average Bonchev–Trinajstić information content (AvgIpc) is 2.58. The topological polar surface area (TPSA) is 49.5 Å². The first-order chi connectivity index (χ1) is 11.5. The average molecular weight is 458 g/mol. The number of benzene rings is 2. The Bertz CT molecular complexity index is 583. The molecular weight excluding hydrogens is 432 g/mol. The number of aliphatic hydroxyl groups is 1. The summed E-state index contributed by atoms with van der Waals surface area (Å²) < 4.78 is 1.89. The van der Waals surface area contributed by atoms with Crippen molar-refractivity contribution >= 4 is 43.2 Å². The van der Waals surface area contributed by atoms with E-state index in [-0.39, 0.29) is 6.61 Å². The van der Waals surface area contributed by atoms with Gasteiger partial charge in [0.1, 0.15) is 0 Å². The molecule has 0 aliphatic rings. The first kappa shape index (κ1) is 21.0. The number of unbranched alkanes of at least 4 members (excludes halogenated alkanes) is 1. The lowest BCUT2D eigenvalue weighted by atomic mass is 10.2. The maximum atomic E-state index is 8.96. The molecule has 0 unspecified atom stereocenters. The van der Waals surface area contributed by atoms with Gasteiger partial charge in [-0.3, -0.25) is 0 Å². The number of nitrogen functional groups attached to an aromatic ring is 1. The van der Waals surface area contributed by atoms with Gasteiger partial charge in [-0.15, -0.1) is 0 Å². The zero-order valence-corrected chi connectivity index (χ0v) is 17.5. The highest BCUT2D eigenvalue weighted by Gasteiger charge is 2.03. The van der Waals surface area contributed by atoms with Crippen molar-refractivity contribution in [3.8, 4) is 0 Å². The predicted molar refractivity (Wildman–Crippen MR) is 112 cm³/mol. The van der Waals surface area contributed by atoms with Gasteiger partial charge in [0.25, 0.3) is 0 Å². The molecule has 2 aromatic carbocycles. The van der Waals surface area contributed by atoms with Crippen molar-refractivity contribution in [1.29, 1.82) is 0 Å². The smallest absolute Gasteiger partial charge is 0.0606 e. The zero-order chi connectivity index (χ0) is 17.9. The first-order valence-corrected chi connectivity index (χ1v) is 9.70. The van der Waals surface area contributed by atoms with Crippen molar-refractivity contribution in [2.75, 3.05) is 30.3 Å². The van der Waals surface area contributed by atoms with Crippen LogP contribution in [0.25, 0.3) is 0 Å². The van der Waals surface area contributed by atoms with Crippen molar-refractivity contribution in [3.63, 3.8) is 0 Å². The third-order valence-corrected chi connectivity index (χ3v) is 4.81. The molecule has 0 saturated carbocycles. The first-order valence-electron chi connectivity index (χ1n) is 8.11. The fourth-order valence-electron chi connectivity index (χ4n) is 2.19. The molecule has 5 heteroatoms. The van der Waals surface area contributed by atoms with Gasteiger partial charge in [0.05, 0.1) is 12.3 Å². The van der Waals surface area contributed by atoms with Crippen molar-refractivity contribution in [1.82, 2.24) is 0 Å². The number of aliphatic hydroxyl groups excluding tert-OH is 1. The van der Waals surface area contributed by atoms with Crippen LogP contribution in [-0.2, 0) is 0 Å². The summed E-state index contributed by atoms with van der Waals surface area (Å²) >= 11 is 6.68. The summed E-state index contributed by atoms with van der Waals surface area (Å²) in [6, 6.07) is 14.2. The van der Waals surface area contributed by atoms with Gasteiger partial charge in [-0.05, 0) is 75.0 Å². The molecule has 0 bridgehead atoms. The van der Waals surface area contributed by atoms with Crippen LogP contribution in [0.2, 0.25) is 0 Å². The van der Waals surface area contributed by atoms with Gasteiger partial charge < -0.3 is 15.7 Å². The highest BCUT2D eigenvalue weighted by molar-refractivity contribution is 9.11. The Balaban J connectivity index is 0.000000254. The lowest BCUT2D eigenvalue weighted by Crippen LogP contribution is -2.27. The Hall–Kier alpha value is -1.04. The number of nitrogens with two attached hydrogens (primary N) is 1. The minimum atomic E-state index is 0.221. The number of nitrogens with zero attached hydrogens (tertiary/aromatic N) is 1. The quantitative estimate of drug-likeness (QED) is 0.571. The Morgan fingerprint density at radius 3 is 2.12 bits per heavy atom. The molecule has 0 aliphatic carbocycles. The lowest BCUT2D eigenvalue weighted by molar-refractivity contribution is 0.301. The monoisotopic (exact) mass is 456 g/mol. The molecule has 0 spiro atoms. The van der Waals surface area contributed by atoms with Gasteiger partial charge in [0.2, 0.25) is 0 Å². The van der Waals surface area contributed by atoms with Crippen molar-refractivity contribution < 1.29 is 5.11 Å². The minimum absolute atomic E-state index is 0.221. The largest absolute Gasteiger partial charge is 0.397 e. The van der Waals surface area contributed by atoms with Gasteiger partial charge in [-0.2, -0.15) is 0 Å². The van der Waals surface area contributed by atoms with E-state index < -0.39 is 0 Å². The van der Waals surface area contributed by atoms with E-state index in [1.54, 1.807) is 0 Å². The van der Waals surface area contributed by atoms with Crippen LogP contribution >= 0.6 is 31.9 Å². The van der Waals surface area contributed by atoms with Crippen LogP contribution in [-0.4, -0.2) is 24.8 Å². The summed E-state index contributed by atoms with van der Waals surface area (Å²) in [7, 11) is 0. The van der Waals surface area contributed by atoms with E-state index in [0.717, 1.165) is 27.7 Å². The molecule has 2 aromatic rings. The maximum Gasteiger partial charge on any atom is 0.0606 e. The number of rotatable bonds is 6. The van der Waals surface area contributed by atoms with Crippen LogP contribution in [0, 0.1) is 6.92 Å². The highest BCUT2D eigenvalue weighted by atomic mass is 79.9. The van der Waals surface area contributed by atoms with E-state index in [9.17, 15) is 0 Å². The molecule has 0 aromatic heterocycles. The van der Waals surface area contributed by atoms with Crippen LogP contribution in [0.15, 0.2) is 51.4 Å². The van der Waals surface area contributed by atoms with Gasteiger partial charge in [0, 0.05) is 27.7 Å². The summed E-state index contributed by atoms with van der Waals surface area (Å²) in [5.74, 6) is 0. The van der Waals surface area contributed by atoms with Gasteiger partial charge in [-0.1, -0.05) is 31.5 Å². The van der Waals surface area contributed by atoms with Crippen molar-refractivity contribution in [3.05, 3.63) is 57.0 Å². The van der Waals surface area contributed by atoms with E-state index in [1.807, 2.05) is 37.3 Å². The zero-order valence-electron chi connectivity index (χ0n) is 14.3. The predicted octanol–water partition coefficient (Wildman–Crippen LogP) is 5.39. The second-order valence-electron chi connectivity index (χ2n) is 5.54. The molecular formula is C19H26Br2N2O. The molecule has 3 N–H and O–H groups in total. The van der Waals surface area contributed by atoms with Gasteiger partial charge >= 0.3 is 0 Å². The standard InChI is InChI=1S/C12H19NO.C7H7Br2N/c1-2-3-9-13(10-11-14)12-7-5-4-6-8-12;1-4-2-5(8)7(10)6(9)3-4/h4-8,14H,2-3,9-11H2,1H3;2-3H,10H2,1H3. The number of anilines is 2. The molecule has 2 rings (SSSR count). The summed E-state index contributed by atoms with van der Waals surface area (Å²) in [6.45, 7) is 6.18. The Kier molecular flexibility index (Phi) is 10.1. The minimum Gasteiger partial charge on any atom is -0.397 e. The second-order valence-corrected chi connectivity index (χ2v) is 7.25. The summed E-state index contributed by atoms with van der Waals surface area (Å²) in [6.07, 6.45) is 2.36. The maximum absolute atomic E-state index is 8.96. The molecule has 0 amide bonds. The van der Waals surface area contributed by atoms with Crippen LogP contribution in [0.5, 0.6) is 0 Å². The van der Waals surface area contributed by atoms with Crippen LogP contribution in [0.3, 0.4) is 0 Å². The van der Waals surface area contributed by atoms with Gasteiger partial charge in [0.15, 0.2) is 0 Å². The van der Waals surface area contributed by atoms with E-state index in [1.165, 1.54) is 24.1 Å². The fraction of sp³-hybridized carbons (Fsp3) is 0.368. The normalized spacial score (nSPS) is 10.0. The molecule has 0 saturated heterocycles. The molecule has 0 aliphatic heterocycles. The summed E-state index contributed by atoms with van der Waals surface area (Å²) in [5, 5.41) is 8.96. The Morgan fingerprint density at radius 2 is 1.62 bits per heavy atom.